The van der Waals surface area contributed by atoms with Crippen molar-refractivity contribution in [1.29, 1.82) is 0 Å². The Morgan fingerprint density at radius 1 is 1.17 bits per heavy atom. The normalized spacial score (nSPS) is 16.3. The maximum Gasteiger partial charge on any atom is 0.293 e. The van der Waals surface area contributed by atoms with Crippen molar-refractivity contribution in [2.24, 2.45) is 0 Å². The van der Waals surface area contributed by atoms with Crippen LogP contribution >= 0.6 is 0 Å². The highest BCUT2D eigenvalue weighted by Gasteiger charge is 2.31. The monoisotopic (exact) mass is 398 g/mol. The lowest BCUT2D eigenvalue weighted by atomic mass is 10.0. The number of carbonyl (C=O) groups is 1. The first-order valence-electron chi connectivity index (χ1n) is 9.67. The molecule has 2 N–H and O–H groups in total. The number of β-amino-alcohol motifs (C(OH)–C–C–N with tert-alkyl or cyclic N) is 1. The van der Waals surface area contributed by atoms with Crippen LogP contribution in [0.25, 0.3) is 0 Å². The molecule has 29 heavy (non-hydrogen) atoms. The number of piperazine rings is 1. The number of nitro benzene ring substituents is 1. The first kappa shape index (κ1) is 20.9. The molecule has 0 saturated carbocycles. The van der Waals surface area contributed by atoms with Gasteiger partial charge in [-0.3, -0.25) is 24.7 Å². The van der Waals surface area contributed by atoms with Crippen molar-refractivity contribution >= 4 is 17.3 Å². The maximum atomic E-state index is 13.3. The molecule has 0 radical (unpaired) electrons. The molecule has 1 amide bonds. The molecular formula is C21H26N4O4. The number of carbonyl (C=O) groups excluding carboxylic acids is 1. The lowest BCUT2D eigenvalue weighted by Crippen LogP contribution is -2.50. The van der Waals surface area contributed by atoms with Crippen molar-refractivity contribution in [3.8, 4) is 0 Å². The number of anilines is 1. The van der Waals surface area contributed by atoms with Crippen LogP contribution in [0.2, 0.25) is 0 Å². The predicted molar refractivity (Wildman–Crippen MR) is 111 cm³/mol. The molecule has 2 aromatic carbocycles. The predicted octanol–water partition coefficient (Wildman–Crippen LogP) is 2.19. The Kier molecular flexibility index (Phi) is 6.92. The van der Waals surface area contributed by atoms with Crippen molar-refractivity contribution in [3.05, 3.63) is 69.8 Å². The smallest absolute Gasteiger partial charge is 0.293 e. The summed E-state index contributed by atoms with van der Waals surface area (Å²) < 4.78 is 0. The van der Waals surface area contributed by atoms with Crippen molar-refractivity contribution in [2.75, 3.05) is 44.6 Å². The molecule has 1 atom stereocenters. The Morgan fingerprint density at radius 3 is 2.48 bits per heavy atom. The first-order chi connectivity index (χ1) is 14.0. The fourth-order valence-corrected chi connectivity index (χ4v) is 3.65. The average molecular weight is 398 g/mol. The minimum absolute atomic E-state index is 0.111. The number of hydrogen-bond acceptors (Lipinski definition) is 6. The SMILES string of the molecule is Cc1ccc(NC(=O)C(c2ccccc2)N2CCN(CCO)CC2)c([N+](=O)[O-])c1. The highest BCUT2D eigenvalue weighted by atomic mass is 16.6. The van der Waals surface area contributed by atoms with Gasteiger partial charge in [-0.2, -0.15) is 0 Å². The zero-order chi connectivity index (χ0) is 20.8. The molecule has 0 aromatic heterocycles. The molecule has 3 rings (SSSR count). The third-order valence-corrected chi connectivity index (χ3v) is 5.16. The topological polar surface area (TPSA) is 99.0 Å². The average Bonchev–Trinajstić information content (AvgIpc) is 2.72. The van der Waals surface area contributed by atoms with Gasteiger partial charge in [0, 0.05) is 38.8 Å². The maximum absolute atomic E-state index is 13.3. The fraction of sp³-hybridized carbons (Fsp3) is 0.381. The van der Waals surface area contributed by atoms with E-state index < -0.39 is 11.0 Å². The van der Waals surface area contributed by atoms with E-state index in [1.54, 1.807) is 19.1 Å². The summed E-state index contributed by atoms with van der Waals surface area (Å²) in [6.45, 7) is 5.35. The molecule has 2 aromatic rings. The minimum atomic E-state index is -0.548. The Morgan fingerprint density at radius 2 is 1.86 bits per heavy atom. The van der Waals surface area contributed by atoms with Gasteiger partial charge in [-0.05, 0) is 24.1 Å². The standard InChI is InChI=1S/C21H26N4O4/c1-16-7-8-18(19(15-16)25(28)29)22-21(27)20(17-5-3-2-4-6-17)24-11-9-23(10-12-24)13-14-26/h2-8,15,20,26H,9-14H2,1H3,(H,22,27). The number of amides is 1. The van der Waals surface area contributed by atoms with Crippen LogP contribution < -0.4 is 5.32 Å². The summed E-state index contributed by atoms with van der Waals surface area (Å²) >= 11 is 0. The van der Waals surface area contributed by atoms with Crippen molar-refractivity contribution in [2.45, 2.75) is 13.0 Å². The van der Waals surface area contributed by atoms with Gasteiger partial charge in [-0.1, -0.05) is 36.4 Å². The molecule has 0 bridgehead atoms. The number of aliphatic hydroxyl groups is 1. The number of aryl methyl sites for hydroxylation is 1. The van der Waals surface area contributed by atoms with E-state index in [2.05, 4.69) is 15.1 Å². The van der Waals surface area contributed by atoms with Crippen LogP contribution in [0.5, 0.6) is 0 Å². The van der Waals surface area contributed by atoms with Crippen LogP contribution in [0.3, 0.4) is 0 Å². The van der Waals surface area contributed by atoms with Gasteiger partial charge in [-0.25, -0.2) is 0 Å². The summed E-state index contributed by atoms with van der Waals surface area (Å²) in [5.74, 6) is -0.293. The second-order valence-electron chi connectivity index (χ2n) is 7.18. The summed E-state index contributed by atoms with van der Waals surface area (Å²) in [6, 6.07) is 13.7. The highest BCUT2D eigenvalue weighted by Crippen LogP contribution is 2.29. The summed E-state index contributed by atoms with van der Waals surface area (Å²) in [5.41, 5.74) is 1.69. The van der Waals surface area contributed by atoms with Crippen molar-refractivity contribution in [3.63, 3.8) is 0 Å². The molecule has 1 heterocycles. The largest absolute Gasteiger partial charge is 0.395 e. The van der Waals surface area contributed by atoms with Gasteiger partial charge in [0.05, 0.1) is 11.5 Å². The molecule has 0 aliphatic carbocycles. The van der Waals surface area contributed by atoms with Crippen LogP contribution in [0.4, 0.5) is 11.4 Å². The van der Waals surface area contributed by atoms with E-state index in [1.165, 1.54) is 6.07 Å². The molecule has 1 aliphatic rings. The quantitative estimate of drug-likeness (QED) is 0.548. The lowest BCUT2D eigenvalue weighted by Gasteiger charge is -2.38. The molecular weight excluding hydrogens is 372 g/mol. The number of nitro groups is 1. The van der Waals surface area contributed by atoms with E-state index in [0.29, 0.717) is 19.6 Å². The third-order valence-electron chi connectivity index (χ3n) is 5.16. The highest BCUT2D eigenvalue weighted by molar-refractivity contribution is 5.97. The number of nitrogens with one attached hydrogen (secondary N) is 1. The molecule has 0 spiro atoms. The molecule has 1 aliphatic heterocycles. The molecule has 1 saturated heterocycles. The van der Waals surface area contributed by atoms with E-state index in [1.807, 2.05) is 30.3 Å². The Bertz CT molecular complexity index is 851. The molecule has 1 fully saturated rings. The molecule has 8 heteroatoms. The van der Waals surface area contributed by atoms with Gasteiger partial charge in [0.2, 0.25) is 5.91 Å². The number of nitrogens with zero attached hydrogens (tertiary/aromatic N) is 3. The van der Waals surface area contributed by atoms with Gasteiger partial charge in [0.1, 0.15) is 11.7 Å². The second-order valence-corrected chi connectivity index (χ2v) is 7.18. The van der Waals surface area contributed by atoms with Crippen molar-refractivity contribution < 1.29 is 14.8 Å². The summed E-state index contributed by atoms with van der Waals surface area (Å²) in [7, 11) is 0. The van der Waals surface area contributed by atoms with E-state index in [0.717, 1.165) is 24.2 Å². The third kappa shape index (κ3) is 5.17. The van der Waals surface area contributed by atoms with Gasteiger partial charge >= 0.3 is 0 Å². The van der Waals surface area contributed by atoms with Crippen LogP contribution in [-0.2, 0) is 4.79 Å². The second kappa shape index (κ2) is 9.60. The summed E-state index contributed by atoms with van der Waals surface area (Å²) in [6.07, 6.45) is 0. The number of aliphatic hydroxyl groups excluding tert-OH is 1. The summed E-state index contributed by atoms with van der Waals surface area (Å²) in [4.78, 5) is 28.4. The van der Waals surface area contributed by atoms with E-state index in [4.69, 9.17) is 5.11 Å². The molecule has 1 unspecified atom stereocenters. The number of benzene rings is 2. The fourth-order valence-electron chi connectivity index (χ4n) is 3.65. The van der Waals surface area contributed by atoms with Crippen LogP contribution in [0.15, 0.2) is 48.5 Å². The molecule has 8 nitrogen and oxygen atoms in total. The lowest BCUT2D eigenvalue weighted by molar-refractivity contribution is -0.384. The number of rotatable bonds is 7. The van der Waals surface area contributed by atoms with Gasteiger partial charge in [-0.15, -0.1) is 0 Å². The number of hydrogen-bond donors (Lipinski definition) is 2. The zero-order valence-corrected chi connectivity index (χ0v) is 16.5. The van der Waals surface area contributed by atoms with Crippen LogP contribution in [0.1, 0.15) is 17.2 Å². The van der Waals surface area contributed by atoms with E-state index in [9.17, 15) is 14.9 Å². The van der Waals surface area contributed by atoms with Gasteiger partial charge in [0.25, 0.3) is 5.69 Å². The Balaban J connectivity index is 1.84. The van der Waals surface area contributed by atoms with Crippen LogP contribution in [-0.4, -0.2) is 65.1 Å². The molecule has 154 valence electrons. The summed E-state index contributed by atoms with van der Waals surface area (Å²) in [5, 5.41) is 23.3. The van der Waals surface area contributed by atoms with Crippen molar-refractivity contribution in [1.82, 2.24) is 9.80 Å². The van der Waals surface area contributed by atoms with Gasteiger partial charge < -0.3 is 10.4 Å². The van der Waals surface area contributed by atoms with Gasteiger partial charge in [0.15, 0.2) is 0 Å². The minimum Gasteiger partial charge on any atom is -0.395 e. The Labute approximate surface area is 169 Å². The van der Waals surface area contributed by atoms with Crippen LogP contribution in [0, 0.1) is 17.0 Å². The first-order valence-corrected chi connectivity index (χ1v) is 9.67. The van der Waals surface area contributed by atoms with E-state index in [-0.39, 0.29) is 23.9 Å². The van der Waals surface area contributed by atoms with E-state index >= 15 is 0 Å². The zero-order valence-electron chi connectivity index (χ0n) is 16.5. The Hall–Kier alpha value is -2.81.